The van der Waals surface area contributed by atoms with Crippen molar-refractivity contribution in [1.29, 1.82) is 0 Å². The van der Waals surface area contributed by atoms with Crippen molar-refractivity contribution in [2.24, 2.45) is 0 Å². The summed E-state index contributed by atoms with van der Waals surface area (Å²) in [5.41, 5.74) is 1.44. The standard InChI is InChI=1S/C22H29N3O6/c1-8-25(17(26)12-24-21(29)31-22(4,5)6)19(20(28)23-13-18(27)30-7)16-10-14(2)9-15(3)11-16/h1,9-11,19H,12-13H2,2-7H3,(H,23,28)(H,24,29). The van der Waals surface area contributed by atoms with Crippen LogP contribution in [0.15, 0.2) is 18.2 Å². The molecule has 3 amide bonds. The lowest BCUT2D eigenvalue weighted by molar-refractivity contribution is -0.142. The number of rotatable bonds is 7. The van der Waals surface area contributed by atoms with Gasteiger partial charge in [0.1, 0.15) is 24.7 Å². The molecular formula is C22H29N3O6. The van der Waals surface area contributed by atoms with E-state index in [-0.39, 0.29) is 6.54 Å². The first-order valence-electron chi connectivity index (χ1n) is 9.55. The van der Waals surface area contributed by atoms with Gasteiger partial charge in [0.25, 0.3) is 5.91 Å². The number of methoxy groups -OCH3 is 1. The summed E-state index contributed by atoms with van der Waals surface area (Å²) in [6.45, 7) is 7.86. The van der Waals surface area contributed by atoms with Crippen molar-refractivity contribution < 1.29 is 28.7 Å². The predicted octanol–water partition coefficient (Wildman–Crippen LogP) is 1.58. The van der Waals surface area contributed by atoms with Crippen LogP contribution in [0.4, 0.5) is 4.79 Å². The third-order valence-corrected chi connectivity index (χ3v) is 3.89. The van der Waals surface area contributed by atoms with Gasteiger partial charge in [-0.3, -0.25) is 19.3 Å². The first kappa shape index (κ1) is 25.5. The zero-order chi connectivity index (χ0) is 23.8. The monoisotopic (exact) mass is 431 g/mol. The molecule has 1 rings (SSSR count). The fraction of sp³-hybridized carbons (Fsp3) is 0.455. The molecule has 1 aromatic rings. The number of aryl methyl sites for hydroxylation is 2. The Labute approximate surface area is 182 Å². The highest BCUT2D eigenvalue weighted by Crippen LogP contribution is 2.23. The second-order valence-corrected chi connectivity index (χ2v) is 7.87. The molecule has 0 aromatic heterocycles. The first-order chi connectivity index (χ1) is 14.4. The van der Waals surface area contributed by atoms with E-state index >= 15 is 0 Å². The minimum absolute atomic E-state index is 0.389. The van der Waals surface area contributed by atoms with E-state index in [2.05, 4.69) is 21.4 Å². The third-order valence-electron chi connectivity index (χ3n) is 3.89. The molecule has 0 radical (unpaired) electrons. The van der Waals surface area contributed by atoms with Crippen molar-refractivity contribution in [3.05, 3.63) is 34.9 Å². The molecule has 1 aromatic carbocycles. The molecule has 9 heteroatoms. The van der Waals surface area contributed by atoms with Crippen molar-refractivity contribution in [3.8, 4) is 12.5 Å². The van der Waals surface area contributed by atoms with Gasteiger partial charge < -0.3 is 20.1 Å². The maximum absolute atomic E-state index is 12.9. The lowest BCUT2D eigenvalue weighted by atomic mass is 9.99. The van der Waals surface area contributed by atoms with Gasteiger partial charge in [0.2, 0.25) is 5.91 Å². The fourth-order valence-electron chi connectivity index (χ4n) is 2.75. The van der Waals surface area contributed by atoms with Gasteiger partial charge in [-0.1, -0.05) is 35.7 Å². The number of benzene rings is 1. The molecule has 1 atom stereocenters. The van der Waals surface area contributed by atoms with Crippen molar-refractivity contribution in [2.45, 2.75) is 46.3 Å². The van der Waals surface area contributed by atoms with Crippen LogP contribution in [0.2, 0.25) is 0 Å². The maximum atomic E-state index is 12.9. The topological polar surface area (TPSA) is 114 Å². The van der Waals surface area contributed by atoms with Crippen LogP contribution in [0.1, 0.15) is 43.5 Å². The molecule has 9 nitrogen and oxygen atoms in total. The Hall–Kier alpha value is -3.54. The number of carbonyl (C=O) groups is 4. The molecule has 0 fully saturated rings. The van der Waals surface area contributed by atoms with Crippen molar-refractivity contribution in [1.82, 2.24) is 15.5 Å². The molecule has 0 spiro atoms. The zero-order valence-electron chi connectivity index (χ0n) is 18.7. The molecule has 0 saturated carbocycles. The van der Waals surface area contributed by atoms with Crippen LogP contribution >= 0.6 is 0 Å². The summed E-state index contributed by atoms with van der Waals surface area (Å²) in [5, 5.41) is 4.75. The van der Waals surface area contributed by atoms with Crippen LogP contribution in [-0.2, 0) is 23.9 Å². The Kier molecular flexibility index (Phi) is 9.06. The smallest absolute Gasteiger partial charge is 0.408 e. The average Bonchev–Trinajstić information content (AvgIpc) is 2.65. The number of ether oxygens (including phenoxy) is 2. The van der Waals surface area contributed by atoms with Crippen molar-refractivity contribution in [2.75, 3.05) is 20.2 Å². The van der Waals surface area contributed by atoms with Gasteiger partial charge in [-0.2, -0.15) is 0 Å². The molecule has 0 saturated heterocycles. The molecule has 31 heavy (non-hydrogen) atoms. The molecule has 0 aliphatic rings. The molecule has 0 bridgehead atoms. The van der Waals surface area contributed by atoms with Crippen molar-refractivity contribution in [3.63, 3.8) is 0 Å². The number of esters is 1. The van der Waals surface area contributed by atoms with Gasteiger partial charge in [0, 0.05) is 6.04 Å². The summed E-state index contributed by atoms with van der Waals surface area (Å²) in [6, 6.07) is 6.32. The maximum Gasteiger partial charge on any atom is 0.408 e. The second-order valence-electron chi connectivity index (χ2n) is 7.87. The van der Waals surface area contributed by atoms with E-state index in [0.29, 0.717) is 5.56 Å². The lowest BCUT2D eigenvalue weighted by Gasteiger charge is -2.27. The number of terminal acetylenes is 1. The minimum Gasteiger partial charge on any atom is -0.468 e. The number of carbonyl (C=O) groups excluding carboxylic acids is 4. The van der Waals surface area contributed by atoms with Gasteiger partial charge in [0.15, 0.2) is 0 Å². The Balaban J connectivity index is 3.14. The van der Waals surface area contributed by atoms with Gasteiger partial charge in [-0.15, -0.1) is 0 Å². The van der Waals surface area contributed by atoms with E-state index in [1.165, 1.54) is 7.11 Å². The fourth-order valence-corrected chi connectivity index (χ4v) is 2.75. The Bertz CT molecular complexity index is 862. The summed E-state index contributed by atoms with van der Waals surface area (Å²) in [5.74, 6) is -2.03. The van der Waals surface area contributed by atoms with E-state index in [4.69, 9.17) is 11.2 Å². The normalized spacial score (nSPS) is 11.5. The summed E-state index contributed by atoms with van der Waals surface area (Å²) < 4.78 is 9.63. The highest BCUT2D eigenvalue weighted by atomic mass is 16.6. The Morgan fingerprint density at radius 1 is 1.06 bits per heavy atom. The summed E-state index contributed by atoms with van der Waals surface area (Å²) >= 11 is 0. The third kappa shape index (κ3) is 8.38. The van der Waals surface area contributed by atoms with E-state index in [9.17, 15) is 19.2 Å². The van der Waals surface area contributed by atoms with Crippen LogP contribution in [0.3, 0.4) is 0 Å². The van der Waals surface area contributed by atoms with Gasteiger partial charge in [-0.25, -0.2) is 4.79 Å². The van der Waals surface area contributed by atoms with E-state index in [0.717, 1.165) is 16.0 Å². The second kappa shape index (κ2) is 11.0. The highest BCUT2D eigenvalue weighted by Gasteiger charge is 2.31. The molecular weight excluding hydrogens is 402 g/mol. The van der Waals surface area contributed by atoms with Gasteiger partial charge in [-0.05, 0) is 40.2 Å². The molecule has 2 N–H and O–H groups in total. The SMILES string of the molecule is C#CN(C(=O)CNC(=O)OC(C)(C)C)C(C(=O)NCC(=O)OC)c1cc(C)cc(C)c1. The lowest BCUT2D eigenvalue weighted by Crippen LogP contribution is -2.46. The van der Waals surface area contributed by atoms with Crippen LogP contribution < -0.4 is 10.6 Å². The minimum atomic E-state index is -1.22. The Morgan fingerprint density at radius 3 is 2.13 bits per heavy atom. The number of hydrogen-bond acceptors (Lipinski definition) is 6. The molecule has 168 valence electrons. The number of alkyl carbamates (subject to hydrolysis) is 1. The van der Waals surface area contributed by atoms with Crippen molar-refractivity contribution >= 4 is 23.9 Å². The Morgan fingerprint density at radius 2 is 1.65 bits per heavy atom. The van der Waals surface area contributed by atoms with Crippen LogP contribution in [0.5, 0.6) is 0 Å². The summed E-state index contributed by atoms with van der Waals surface area (Å²) in [6.07, 6.45) is 4.76. The quantitative estimate of drug-likeness (QED) is 0.385. The zero-order valence-corrected chi connectivity index (χ0v) is 18.7. The van der Waals surface area contributed by atoms with Crippen LogP contribution in [-0.4, -0.2) is 54.6 Å². The molecule has 1 unspecified atom stereocenters. The van der Waals surface area contributed by atoms with E-state index in [1.54, 1.807) is 32.9 Å². The number of nitrogens with one attached hydrogen (secondary N) is 2. The largest absolute Gasteiger partial charge is 0.468 e. The van der Waals surface area contributed by atoms with E-state index in [1.807, 2.05) is 19.9 Å². The molecule has 0 heterocycles. The summed E-state index contributed by atoms with van der Waals surface area (Å²) in [4.78, 5) is 49.8. The first-order valence-corrected chi connectivity index (χ1v) is 9.55. The van der Waals surface area contributed by atoms with Crippen LogP contribution in [0.25, 0.3) is 0 Å². The number of hydrogen-bond donors (Lipinski definition) is 2. The number of amides is 3. The highest BCUT2D eigenvalue weighted by molar-refractivity contribution is 5.92. The summed E-state index contributed by atoms with van der Waals surface area (Å²) in [7, 11) is 1.19. The van der Waals surface area contributed by atoms with E-state index < -0.39 is 42.1 Å². The molecule has 0 aliphatic heterocycles. The predicted molar refractivity (Wildman–Crippen MR) is 114 cm³/mol. The van der Waals surface area contributed by atoms with Gasteiger partial charge >= 0.3 is 12.1 Å². The van der Waals surface area contributed by atoms with Gasteiger partial charge in [0.05, 0.1) is 7.11 Å². The molecule has 0 aliphatic carbocycles. The van der Waals surface area contributed by atoms with Crippen LogP contribution in [0, 0.1) is 26.3 Å². The number of nitrogens with zero attached hydrogens (tertiary/aromatic N) is 1. The average molecular weight is 431 g/mol.